The average molecular weight is 264 g/mol. The maximum atomic E-state index is 5.96. The largest absolute Gasteiger partial charge is 0.354 e. The summed E-state index contributed by atoms with van der Waals surface area (Å²) in [5.41, 5.74) is 0.964. The molecule has 0 aliphatic heterocycles. The van der Waals surface area contributed by atoms with E-state index in [0.717, 1.165) is 5.56 Å². The maximum Gasteiger partial charge on any atom is 0.176 e. The Balaban J connectivity index is 2.98. The summed E-state index contributed by atoms with van der Waals surface area (Å²) in [6.07, 6.45) is -0.373. The van der Waals surface area contributed by atoms with Gasteiger partial charge in [-0.2, -0.15) is 0 Å². The summed E-state index contributed by atoms with van der Waals surface area (Å²) >= 11 is 11.8. The van der Waals surface area contributed by atoms with Crippen LogP contribution in [0.25, 0.3) is 0 Å². The Kier molecular flexibility index (Phi) is 5.52. The number of halogens is 2. The number of hydrogen-bond donors (Lipinski definition) is 1. The van der Waals surface area contributed by atoms with Gasteiger partial charge in [-0.3, -0.25) is 0 Å². The second-order valence-corrected chi connectivity index (χ2v) is 4.09. The summed E-state index contributed by atoms with van der Waals surface area (Å²) in [6.45, 7) is 0. The number of benzene rings is 1. The van der Waals surface area contributed by atoms with Gasteiger partial charge in [0.05, 0.1) is 16.1 Å². The van der Waals surface area contributed by atoms with Gasteiger partial charge in [-0.1, -0.05) is 29.3 Å². The molecular formula is C11H15Cl2NO2. The van der Waals surface area contributed by atoms with E-state index in [4.69, 9.17) is 32.7 Å². The van der Waals surface area contributed by atoms with Crippen LogP contribution in [-0.4, -0.2) is 27.6 Å². The molecule has 1 unspecified atom stereocenters. The summed E-state index contributed by atoms with van der Waals surface area (Å²) in [7, 11) is 5.02. The Labute approximate surface area is 106 Å². The quantitative estimate of drug-likeness (QED) is 0.829. The lowest BCUT2D eigenvalue weighted by Gasteiger charge is -2.24. The van der Waals surface area contributed by atoms with Gasteiger partial charge in [0.2, 0.25) is 0 Å². The predicted octanol–water partition coefficient (Wildman–Crippen LogP) is 2.87. The van der Waals surface area contributed by atoms with Crippen LogP contribution in [0.15, 0.2) is 18.2 Å². The molecule has 1 atom stereocenters. The van der Waals surface area contributed by atoms with Gasteiger partial charge in [-0.05, 0) is 24.7 Å². The number of ether oxygens (including phenoxy) is 2. The van der Waals surface area contributed by atoms with E-state index in [1.807, 2.05) is 13.1 Å². The molecule has 5 heteroatoms. The summed E-state index contributed by atoms with van der Waals surface area (Å²) < 4.78 is 10.4. The standard InChI is InChI=1S/C11H15Cl2NO2/c1-14-10(11(15-2)16-3)7-4-5-8(12)9(13)6-7/h4-6,10-11,14H,1-3H3. The van der Waals surface area contributed by atoms with Gasteiger partial charge in [-0.15, -0.1) is 0 Å². The molecule has 0 aliphatic carbocycles. The van der Waals surface area contributed by atoms with Crippen molar-refractivity contribution < 1.29 is 9.47 Å². The highest BCUT2D eigenvalue weighted by Crippen LogP contribution is 2.27. The van der Waals surface area contributed by atoms with Crippen molar-refractivity contribution >= 4 is 23.2 Å². The summed E-state index contributed by atoms with van der Waals surface area (Å²) in [5.74, 6) is 0. The number of hydrogen-bond acceptors (Lipinski definition) is 3. The minimum Gasteiger partial charge on any atom is -0.354 e. The monoisotopic (exact) mass is 263 g/mol. The molecule has 90 valence electrons. The first-order valence-corrected chi connectivity index (χ1v) is 5.57. The zero-order chi connectivity index (χ0) is 12.1. The van der Waals surface area contributed by atoms with Gasteiger partial charge in [0.1, 0.15) is 0 Å². The van der Waals surface area contributed by atoms with Gasteiger partial charge in [0.25, 0.3) is 0 Å². The van der Waals surface area contributed by atoms with Crippen LogP contribution in [0.2, 0.25) is 10.0 Å². The first kappa shape index (κ1) is 13.7. The van der Waals surface area contributed by atoms with E-state index in [1.54, 1.807) is 26.4 Å². The minimum absolute atomic E-state index is 0.0928. The Hall–Kier alpha value is -0.320. The van der Waals surface area contributed by atoms with Crippen molar-refractivity contribution in [2.45, 2.75) is 12.3 Å². The van der Waals surface area contributed by atoms with Crippen LogP contribution in [0.5, 0.6) is 0 Å². The van der Waals surface area contributed by atoms with Gasteiger partial charge in [-0.25, -0.2) is 0 Å². The van der Waals surface area contributed by atoms with Crippen LogP contribution in [0, 0.1) is 0 Å². The second-order valence-electron chi connectivity index (χ2n) is 3.28. The van der Waals surface area contributed by atoms with Gasteiger partial charge >= 0.3 is 0 Å². The smallest absolute Gasteiger partial charge is 0.176 e. The lowest BCUT2D eigenvalue weighted by Crippen LogP contribution is -2.32. The normalized spacial score (nSPS) is 13.1. The second kappa shape index (κ2) is 6.42. The van der Waals surface area contributed by atoms with E-state index in [0.29, 0.717) is 10.0 Å². The van der Waals surface area contributed by atoms with E-state index >= 15 is 0 Å². The SMILES string of the molecule is CNC(c1ccc(Cl)c(Cl)c1)C(OC)OC. The Bertz CT molecular complexity index is 343. The minimum atomic E-state index is -0.373. The Morgan fingerprint density at radius 2 is 1.75 bits per heavy atom. The number of rotatable bonds is 5. The molecule has 1 rings (SSSR count). The van der Waals surface area contributed by atoms with Crippen LogP contribution in [0.1, 0.15) is 11.6 Å². The molecular weight excluding hydrogens is 249 g/mol. The third-order valence-corrected chi connectivity index (χ3v) is 3.09. The van der Waals surface area contributed by atoms with E-state index in [1.165, 1.54) is 0 Å². The fourth-order valence-electron chi connectivity index (χ4n) is 1.53. The summed E-state index contributed by atoms with van der Waals surface area (Å²) in [5, 5.41) is 4.17. The highest BCUT2D eigenvalue weighted by molar-refractivity contribution is 6.42. The number of methoxy groups -OCH3 is 2. The van der Waals surface area contributed by atoms with E-state index in [2.05, 4.69) is 5.32 Å². The maximum absolute atomic E-state index is 5.96. The molecule has 1 aromatic rings. The van der Waals surface area contributed by atoms with Crippen LogP contribution in [-0.2, 0) is 9.47 Å². The topological polar surface area (TPSA) is 30.5 Å². The lowest BCUT2D eigenvalue weighted by atomic mass is 10.1. The average Bonchev–Trinajstić information content (AvgIpc) is 2.29. The van der Waals surface area contributed by atoms with Crippen LogP contribution in [0.3, 0.4) is 0 Å². The van der Waals surface area contributed by atoms with Crippen LogP contribution in [0.4, 0.5) is 0 Å². The molecule has 0 fully saturated rings. The van der Waals surface area contributed by atoms with Gasteiger partial charge in [0.15, 0.2) is 6.29 Å². The van der Waals surface area contributed by atoms with E-state index < -0.39 is 0 Å². The van der Waals surface area contributed by atoms with Crippen LogP contribution < -0.4 is 5.32 Å². The van der Waals surface area contributed by atoms with E-state index in [-0.39, 0.29) is 12.3 Å². The van der Waals surface area contributed by atoms with Gasteiger partial charge in [0, 0.05) is 14.2 Å². The molecule has 0 heterocycles. The lowest BCUT2D eigenvalue weighted by molar-refractivity contribution is -0.123. The fraction of sp³-hybridized carbons (Fsp3) is 0.455. The third-order valence-electron chi connectivity index (χ3n) is 2.35. The molecule has 0 aromatic heterocycles. The molecule has 0 spiro atoms. The first-order valence-electron chi connectivity index (χ1n) is 4.81. The molecule has 0 radical (unpaired) electrons. The molecule has 1 aromatic carbocycles. The fourth-order valence-corrected chi connectivity index (χ4v) is 1.84. The Morgan fingerprint density at radius 1 is 1.12 bits per heavy atom. The molecule has 0 saturated carbocycles. The third kappa shape index (κ3) is 3.09. The van der Waals surface area contributed by atoms with Crippen LogP contribution >= 0.6 is 23.2 Å². The summed E-state index contributed by atoms with van der Waals surface area (Å²) in [4.78, 5) is 0. The Morgan fingerprint density at radius 3 is 2.19 bits per heavy atom. The molecule has 0 bridgehead atoms. The molecule has 16 heavy (non-hydrogen) atoms. The molecule has 3 nitrogen and oxygen atoms in total. The van der Waals surface area contributed by atoms with E-state index in [9.17, 15) is 0 Å². The van der Waals surface area contributed by atoms with Crippen molar-refractivity contribution in [2.24, 2.45) is 0 Å². The molecule has 0 saturated heterocycles. The number of nitrogens with one attached hydrogen (secondary N) is 1. The van der Waals surface area contributed by atoms with Crippen molar-refractivity contribution in [3.8, 4) is 0 Å². The summed E-state index contributed by atoms with van der Waals surface area (Å²) in [6, 6.07) is 5.35. The first-order chi connectivity index (χ1) is 7.63. The number of likely N-dealkylation sites (N-methyl/N-ethyl adjacent to an activating group) is 1. The molecule has 1 N–H and O–H groups in total. The zero-order valence-electron chi connectivity index (χ0n) is 9.46. The van der Waals surface area contributed by atoms with Crippen molar-refractivity contribution in [3.63, 3.8) is 0 Å². The van der Waals surface area contributed by atoms with Crippen molar-refractivity contribution in [1.82, 2.24) is 5.32 Å². The highest BCUT2D eigenvalue weighted by Gasteiger charge is 2.21. The zero-order valence-corrected chi connectivity index (χ0v) is 11.0. The highest BCUT2D eigenvalue weighted by atomic mass is 35.5. The molecule has 0 amide bonds. The predicted molar refractivity (Wildman–Crippen MR) is 66.1 cm³/mol. The van der Waals surface area contributed by atoms with Crippen molar-refractivity contribution in [3.05, 3.63) is 33.8 Å². The van der Waals surface area contributed by atoms with Crippen molar-refractivity contribution in [2.75, 3.05) is 21.3 Å². The van der Waals surface area contributed by atoms with Crippen molar-refractivity contribution in [1.29, 1.82) is 0 Å². The van der Waals surface area contributed by atoms with Gasteiger partial charge < -0.3 is 14.8 Å². The molecule has 0 aliphatic rings.